The zero-order chi connectivity index (χ0) is 18.8. The summed E-state index contributed by atoms with van der Waals surface area (Å²) in [5.41, 5.74) is 3.44. The molecule has 6 heteroatoms. The van der Waals surface area contributed by atoms with E-state index in [1.165, 1.54) is 11.1 Å². The molecule has 0 radical (unpaired) electrons. The molecule has 1 fully saturated rings. The van der Waals surface area contributed by atoms with Crippen LogP contribution in [0.4, 0.5) is 5.82 Å². The monoisotopic (exact) mass is 362 g/mol. The zero-order valence-corrected chi connectivity index (χ0v) is 16.3. The fourth-order valence-corrected chi connectivity index (χ4v) is 3.94. The molecule has 140 valence electrons. The predicted octanol–water partition coefficient (Wildman–Crippen LogP) is 3.43. The molecule has 0 unspecified atom stereocenters. The lowest BCUT2D eigenvalue weighted by Gasteiger charge is -2.34. The molecule has 0 amide bonds. The normalized spacial score (nSPS) is 17.3. The van der Waals surface area contributed by atoms with Crippen LogP contribution in [0.1, 0.15) is 47.2 Å². The van der Waals surface area contributed by atoms with Gasteiger partial charge in [-0.15, -0.1) is 0 Å². The lowest BCUT2D eigenvalue weighted by molar-refractivity contribution is 0.473. The van der Waals surface area contributed by atoms with Crippen LogP contribution in [0.15, 0.2) is 36.9 Å². The Morgan fingerprint density at radius 1 is 1.15 bits per heavy atom. The largest absolute Gasteiger partial charge is 0.356 e. The van der Waals surface area contributed by atoms with E-state index in [1.807, 2.05) is 31.6 Å². The van der Waals surface area contributed by atoms with Crippen LogP contribution in [0.3, 0.4) is 0 Å². The van der Waals surface area contributed by atoms with Gasteiger partial charge in [0.15, 0.2) is 0 Å². The first kappa shape index (κ1) is 17.6. The summed E-state index contributed by atoms with van der Waals surface area (Å²) in [7, 11) is 0. The van der Waals surface area contributed by atoms with Gasteiger partial charge in [0.1, 0.15) is 17.5 Å². The summed E-state index contributed by atoms with van der Waals surface area (Å²) in [6.07, 6.45) is 10.0. The van der Waals surface area contributed by atoms with Crippen LogP contribution in [0.2, 0.25) is 0 Å². The molecule has 3 aromatic heterocycles. The molecular weight excluding hydrogens is 336 g/mol. The lowest BCUT2D eigenvalue weighted by Crippen LogP contribution is -2.36. The molecule has 1 aliphatic heterocycles. The minimum absolute atomic E-state index is 0.403. The van der Waals surface area contributed by atoms with Crippen molar-refractivity contribution in [2.75, 3.05) is 18.0 Å². The maximum absolute atomic E-state index is 4.74. The molecular formula is C21H26N6. The number of aryl methyl sites for hydroxylation is 2. The standard InChI is InChI=1S/C21H26N6/c1-15-16(2)24-17(3)25-20(15)26-10-5-7-19(14-26)21-23-9-11-27(21)13-18-6-4-8-22-12-18/h4,6,8-9,11-12,19H,5,7,10,13-14H2,1-3H3/t19-/m1/s1. The number of rotatable bonds is 4. The minimum Gasteiger partial charge on any atom is -0.356 e. The first-order valence-electron chi connectivity index (χ1n) is 9.58. The number of pyridine rings is 1. The van der Waals surface area contributed by atoms with Gasteiger partial charge >= 0.3 is 0 Å². The van der Waals surface area contributed by atoms with E-state index in [1.54, 1.807) is 0 Å². The Morgan fingerprint density at radius 3 is 2.85 bits per heavy atom. The second-order valence-electron chi connectivity index (χ2n) is 7.36. The third kappa shape index (κ3) is 3.70. The molecule has 0 aliphatic carbocycles. The highest BCUT2D eigenvalue weighted by Crippen LogP contribution is 2.30. The average molecular weight is 362 g/mol. The highest BCUT2D eigenvalue weighted by Gasteiger charge is 2.27. The zero-order valence-electron chi connectivity index (χ0n) is 16.3. The summed E-state index contributed by atoms with van der Waals surface area (Å²) in [6, 6.07) is 4.09. The molecule has 1 aliphatic rings. The molecule has 4 rings (SSSR count). The summed E-state index contributed by atoms with van der Waals surface area (Å²) >= 11 is 0. The fraction of sp³-hybridized carbons (Fsp3) is 0.429. The molecule has 0 spiro atoms. The highest BCUT2D eigenvalue weighted by molar-refractivity contribution is 5.49. The lowest BCUT2D eigenvalue weighted by atomic mass is 9.96. The number of imidazole rings is 1. The van der Waals surface area contributed by atoms with Gasteiger partial charge in [0, 0.05) is 55.1 Å². The molecule has 3 aromatic rings. The topological polar surface area (TPSA) is 59.7 Å². The number of hydrogen-bond acceptors (Lipinski definition) is 5. The van der Waals surface area contributed by atoms with Crippen LogP contribution >= 0.6 is 0 Å². The van der Waals surface area contributed by atoms with Crippen molar-refractivity contribution in [1.29, 1.82) is 0 Å². The second kappa shape index (κ2) is 7.47. The third-order valence-electron chi connectivity index (χ3n) is 5.38. The molecule has 4 heterocycles. The summed E-state index contributed by atoms with van der Waals surface area (Å²) in [5.74, 6) is 3.48. The summed E-state index contributed by atoms with van der Waals surface area (Å²) < 4.78 is 2.26. The highest BCUT2D eigenvalue weighted by atomic mass is 15.2. The predicted molar refractivity (Wildman–Crippen MR) is 106 cm³/mol. The Morgan fingerprint density at radius 2 is 2.04 bits per heavy atom. The van der Waals surface area contributed by atoms with Gasteiger partial charge in [-0.05, 0) is 45.2 Å². The van der Waals surface area contributed by atoms with Gasteiger partial charge in [-0.1, -0.05) is 6.07 Å². The van der Waals surface area contributed by atoms with Crippen LogP contribution in [-0.4, -0.2) is 37.6 Å². The Balaban J connectivity index is 1.57. The summed E-state index contributed by atoms with van der Waals surface area (Å²) in [5, 5.41) is 0. The van der Waals surface area contributed by atoms with Crippen LogP contribution in [0, 0.1) is 20.8 Å². The van der Waals surface area contributed by atoms with Crippen molar-refractivity contribution in [2.45, 2.75) is 46.1 Å². The smallest absolute Gasteiger partial charge is 0.135 e. The van der Waals surface area contributed by atoms with Crippen molar-refractivity contribution in [3.05, 3.63) is 65.4 Å². The van der Waals surface area contributed by atoms with Gasteiger partial charge in [0.25, 0.3) is 0 Å². The van der Waals surface area contributed by atoms with Crippen molar-refractivity contribution in [1.82, 2.24) is 24.5 Å². The SMILES string of the molecule is Cc1nc(C)c(C)c(N2CCC[C@@H](c3nccn3Cc3cccnc3)C2)n1. The van der Waals surface area contributed by atoms with Gasteiger partial charge in [0.2, 0.25) is 0 Å². The fourth-order valence-electron chi connectivity index (χ4n) is 3.94. The van der Waals surface area contributed by atoms with E-state index in [0.29, 0.717) is 5.92 Å². The Labute approximate surface area is 160 Å². The van der Waals surface area contributed by atoms with Crippen LogP contribution in [0.5, 0.6) is 0 Å². The van der Waals surface area contributed by atoms with Gasteiger partial charge in [-0.3, -0.25) is 4.98 Å². The second-order valence-corrected chi connectivity index (χ2v) is 7.36. The number of piperidine rings is 1. The molecule has 0 N–H and O–H groups in total. The van der Waals surface area contributed by atoms with Crippen molar-refractivity contribution in [2.24, 2.45) is 0 Å². The van der Waals surface area contributed by atoms with Crippen molar-refractivity contribution in [3.63, 3.8) is 0 Å². The van der Waals surface area contributed by atoms with Crippen LogP contribution in [-0.2, 0) is 6.54 Å². The molecule has 1 saturated heterocycles. The Kier molecular flexibility index (Phi) is 4.88. The van der Waals surface area contributed by atoms with E-state index in [4.69, 9.17) is 9.97 Å². The van der Waals surface area contributed by atoms with Gasteiger partial charge in [0.05, 0.1) is 6.54 Å². The quantitative estimate of drug-likeness (QED) is 0.712. The van der Waals surface area contributed by atoms with Gasteiger partial charge < -0.3 is 9.47 Å². The van der Waals surface area contributed by atoms with Crippen molar-refractivity contribution >= 4 is 5.82 Å². The first-order valence-corrected chi connectivity index (χ1v) is 9.58. The number of aromatic nitrogens is 5. The van der Waals surface area contributed by atoms with Gasteiger partial charge in [-0.2, -0.15) is 0 Å². The molecule has 6 nitrogen and oxygen atoms in total. The van der Waals surface area contributed by atoms with E-state index in [2.05, 4.69) is 45.5 Å². The number of nitrogens with zero attached hydrogens (tertiary/aromatic N) is 6. The average Bonchev–Trinajstić information content (AvgIpc) is 3.14. The molecule has 0 saturated carbocycles. The van der Waals surface area contributed by atoms with E-state index in [-0.39, 0.29) is 0 Å². The van der Waals surface area contributed by atoms with Crippen molar-refractivity contribution in [3.8, 4) is 0 Å². The molecule has 0 bridgehead atoms. The third-order valence-corrected chi connectivity index (χ3v) is 5.38. The molecule has 27 heavy (non-hydrogen) atoms. The van der Waals surface area contributed by atoms with Crippen LogP contribution in [0.25, 0.3) is 0 Å². The van der Waals surface area contributed by atoms with E-state index >= 15 is 0 Å². The van der Waals surface area contributed by atoms with Crippen LogP contribution < -0.4 is 4.90 Å². The number of anilines is 1. The Hall–Kier alpha value is -2.76. The maximum atomic E-state index is 4.74. The number of hydrogen-bond donors (Lipinski definition) is 0. The van der Waals surface area contributed by atoms with Gasteiger partial charge in [-0.25, -0.2) is 15.0 Å². The summed E-state index contributed by atoms with van der Waals surface area (Å²) in [4.78, 5) is 20.6. The maximum Gasteiger partial charge on any atom is 0.135 e. The van der Waals surface area contributed by atoms with Crippen molar-refractivity contribution < 1.29 is 0 Å². The van der Waals surface area contributed by atoms with E-state index < -0.39 is 0 Å². The molecule has 0 aromatic carbocycles. The molecule has 1 atom stereocenters. The van der Waals surface area contributed by atoms with E-state index in [0.717, 1.165) is 55.6 Å². The first-order chi connectivity index (χ1) is 13.1. The Bertz CT molecular complexity index is 918. The summed E-state index contributed by atoms with van der Waals surface area (Å²) in [6.45, 7) is 8.95. The van der Waals surface area contributed by atoms with E-state index in [9.17, 15) is 0 Å². The minimum atomic E-state index is 0.403.